The standard InChI is InChI=1S/C10H16N2O5/c1-3-8(13)17-5-4-11-10(16)12-6-7(2)9(14)15/h3,7H,1,4-6H2,2H3,(H,14,15)(H2,11,12,16). The summed E-state index contributed by atoms with van der Waals surface area (Å²) in [6, 6.07) is -0.507. The smallest absolute Gasteiger partial charge is 0.330 e. The predicted octanol–water partition coefficient (Wildman–Crippen LogP) is -0.264. The zero-order chi connectivity index (χ0) is 13.3. The summed E-state index contributed by atoms with van der Waals surface area (Å²) in [4.78, 5) is 32.2. The van der Waals surface area contributed by atoms with Gasteiger partial charge in [-0.2, -0.15) is 0 Å². The van der Waals surface area contributed by atoms with E-state index < -0.39 is 23.9 Å². The fourth-order valence-corrected chi connectivity index (χ4v) is 0.771. The molecule has 0 spiro atoms. The number of ether oxygens (including phenoxy) is 1. The lowest BCUT2D eigenvalue weighted by Crippen LogP contribution is -2.40. The summed E-state index contributed by atoms with van der Waals surface area (Å²) in [5.41, 5.74) is 0. The summed E-state index contributed by atoms with van der Waals surface area (Å²) >= 11 is 0. The van der Waals surface area contributed by atoms with Crippen molar-refractivity contribution >= 4 is 18.0 Å². The molecule has 0 saturated carbocycles. The van der Waals surface area contributed by atoms with Crippen LogP contribution < -0.4 is 10.6 Å². The normalized spacial score (nSPS) is 11.1. The third-order valence-electron chi connectivity index (χ3n) is 1.79. The number of urea groups is 1. The van der Waals surface area contributed by atoms with Crippen molar-refractivity contribution in [3.05, 3.63) is 12.7 Å². The predicted molar refractivity (Wildman–Crippen MR) is 59.4 cm³/mol. The first kappa shape index (κ1) is 14.9. The van der Waals surface area contributed by atoms with Gasteiger partial charge in [0.15, 0.2) is 0 Å². The molecular weight excluding hydrogens is 228 g/mol. The first-order chi connectivity index (χ1) is 7.97. The SMILES string of the molecule is C=CC(=O)OCCNC(=O)NCC(C)C(=O)O. The summed E-state index contributed by atoms with van der Waals surface area (Å²) in [6.07, 6.45) is 1.02. The van der Waals surface area contributed by atoms with E-state index in [0.717, 1.165) is 6.08 Å². The van der Waals surface area contributed by atoms with Crippen LogP contribution in [0.4, 0.5) is 4.79 Å². The second-order valence-corrected chi connectivity index (χ2v) is 3.25. The second kappa shape index (κ2) is 8.14. The van der Waals surface area contributed by atoms with Gasteiger partial charge in [-0.25, -0.2) is 9.59 Å². The maximum atomic E-state index is 11.1. The Hall–Kier alpha value is -2.05. The van der Waals surface area contributed by atoms with Gasteiger partial charge in [0.05, 0.1) is 12.5 Å². The fraction of sp³-hybridized carbons (Fsp3) is 0.500. The minimum Gasteiger partial charge on any atom is -0.481 e. The number of rotatable bonds is 7. The van der Waals surface area contributed by atoms with Gasteiger partial charge in [0.25, 0.3) is 0 Å². The molecule has 0 aliphatic rings. The van der Waals surface area contributed by atoms with E-state index in [9.17, 15) is 14.4 Å². The Morgan fingerprint density at radius 3 is 2.59 bits per heavy atom. The van der Waals surface area contributed by atoms with Crippen molar-refractivity contribution in [3.8, 4) is 0 Å². The summed E-state index contributed by atoms with van der Waals surface area (Å²) in [7, 11) is 0. The Balaban J connectivity index is 3.57. The highest BCUT2D eigenvalue weighted by atomic mass is 16.5. The largest absolute Gasteiger partial charge is 0.481 e. The molecule has 2 amide bonds. The number of hydrogen-bond acceptors (Lipinski definition) is 4. The van der Waals surface area contributed by atoms with E-state index >= 15 is 0 Å². The molecule has 1 unspecified atom stereocenters. The van der Waals surface area contributed by atoms with Crippen molar-refractivity contribution in [2.24, 2.45) is 5.92 Å². The highest BCUT2D eigenvalue weighted by Gasteiger charge is 2.11. The fourth-order valence-electron chi connectivity index (χ4n) is 0.771. The van der Waals surface area contributed by atoms with Gasteiger partial charge in [0.2, 0.25) is 0 Å². The third-order valence-corrected chi connectivity index (χ3v) is 1.79. The minimum absolute atomic E-state index is 0.0345. The molecule has 0 fully saturated rings. The highest BCUT2D eigenvalue weighted by Crippen LogP contribution is 1.90. The molecule has 7 heteroatoms. The Morgan fingerprint density at radius 2 is 2.06 bits per heavy atom. The van der Waals surface area contributed by atoms with Crippen molar-refractivity contribution in [1.82, 2.24) is 10.6 Å². The molecule has 0 radical (unpaired) electrons. The van der Waals surface area contributed by atoms with Crippen LogP contribution >= 0.6 is 0 Å². The topological polar surface area (TPSA) is 105 Å². The van der Waals surface area contributed by atoms with Gasteiger partial charge >= 0.3 is 18.0 Å². The number of carboxylic acids is 1. The van der Waals surface area contributed by atoms with Gasteiger partial charge < -0.3 is 20.5 Å². The van der Waals surface area contributed by atoms with E-state index in [0.29, 0.717) is 0 Å². The number of carbonyl (C=O) groups is 3. The van der Waals surface area contributed by atoms with Crippen LogP contribution in [-0.4, -0.2) is 42.8 Å². The number of carboxylic acid groups (broad SMARTS) is 1. The molecule has 17 heavy (non-hydrogen) atoms. The van der Waals surface area contributed by atoms with Gasteiger partial charge in [-0.3, -0.25) is 4.79 Å². The molecule has 0 heterocycles. The molecule has 0 rings (SSSR count). The van der Waals surface area contributed by atoms with Crippen molar-refractivity contribution in [2.75, 3.05) is 19.7 Å². The van der Waals surface area contributed by atoms with Crippen molar-refractivity contribution in [1.29, 1.82) is 0 Å². The number of hydrogen-bond donors (Lipinski definition) is 3. The molecule has 0 aromatic heterocycles. The van der Waals surface area contributed by atoms with Crippen LogP contribution in [0.2, 0.25) is 0 Å². The van der Waals surface area contributed by atoms with Crippen LogP contribution in [-0.2, 0) is 14.3 Å². The van der Waals surface area contributed by atoms with Gasteiger partial charge in [-0.05, 0) is 0 Å². The Morgan fingerprint density at radius 1 is 1.41 bits per heavy atom. The first-order valence-electron chi connectivity index (χ1n) is 5.01. The average Bonchev–Trinajstić information content (AvgIpc) is 2.30. The molecule has 96 valence electrons. The third kappa shape index (κ3) is 7.83. The lowest BCUT2D eigenvalue weighted by atomic mass is 10.2. The Labute approximate surface area is 98.8 Å². The minimum atomic E-state index is -0.981. The van der Waals surface area contributed by atoms with Gasteiger partial charge in [-0.1, -0.05) is 13.5 Å². The molecule has 0 aliphatic carbocycles. The van der Waals surface area contributed by atoms with Crippen LogP contribution in [0.25, 0.3) is 0 Å². The summed E-state index contributed by atoms with van der Waals surface area (Å²) < 4.78 is 4.61. The maximum absolute atomic E-state index is 11.1. The summed E-state index contributed by atoms with van der Waals surface area (Å²) in [6.45, 7) is 4.91. The zero-order valence-electron chi connectivity index (χ0n) is 9.56. The van der Waals surface area contributed by atoms with Crippen molar-refractivity contribution < 1.29 is 24.2 Å². The van der Waals surface area contributed by atoms with E-state index in [1.165, 1.54) is 6.92 Å². The van der Waals surface area contributed by atoms with Crippen molar-refractivity contribution in [2.45, 2.75) is 6.92 Å². The maximum Gasteiger partial charge on any atom is 0.330 e. The summed E-state index contributed by atoms with van der Waals surface area (Å²) in [5, 5.41) is 13.3. The highest BCUT2D eigenvalue weighted by molar-refractivity contribution is 5.81. The number of carbonyl (C=O) groups excluding carboxylic acids is 2. The number of esters is 1. The quantitative estimate of drug-likeness (QED) is 0.325. The van der Waals surface area contributed by atoms with E-state index in [4.69, 9.17) is 5.11 Å². The van der Waals surface area contributed by atoms with E-state index in [2.05, 4.69) is 21.9 Å². The van der Waals surface area contributed by atoms with E-state index in [1.807, 2.05) is 0 Å². The van der Waals surface area contributed by atoms with Gasteiger partial charge in [0, 0.05) is 12.6 Å². The molecule has 0 bridgehead atoms. The molecule has 0 aromatic carbocycles. The molecule has 1 atom stereocenters. The van der Waals surface area contributed by atoms with Crippen LogP contribution in [0, 0.1) is 5.92 Å². The lowest BCUT2D eigenvalue weighted by Gasteiger charge is -2.09. The lowest BCUT2D eigenvalue weighted by molar-refractivity contribution is -0.141. The molecular formula is C10H16N2O5. The molecule has 3 N–H and O–H groups in total. The van der Waals surface area contributed by atoms with Gasteiger partial charge in [0.1, 0.15) is 6.61 Å². The molecule has 0 aliphatic heterocycles. The second-order valence-electron chi connectivity index (χ2n) is 3.25. The number of aliphatic carboxylic acids is 1. The van der Waals surface area contributed by atoms with E-state index in [1.54, 1.807) is 0 Å². The average molecular weight is 244 g/mol. The van der Waals surface area contributed by atoms with Gasteiger partial charge in [-0.15, -0.1) is 0 Å². The van der Waals surface area contributed by atoms with Crippen LogP contribution in [0.1, 0.15) is 6.92 Å². The summed E-state index contributed by atoms with van der Waals surface area (Å²) in [5.74, 6) is -2.20. The molecule has 0 aromatic rings. The zero-order valence-corrected chi connectivity index (χ0v) is 9.56. The monoisotopic (exact) mass is 244 g/mol. The van der Waals surface area contributed by atoms with Crippen LogP contribution in [0.15, 0.2) is 12.7 Å². The first-order valence-corrected chi connectivity index (χ1v) is 5.01. The molecule has 0 saturated heterocycles. The number of amides is 2. The van der Waals surface area contributed by atoms with Crippen LogP contribution in [0.5, 0.6) is 0 Å². The Bertz CT molecular complexity index is 303. The van der Waals surface area contributed by atoms with Crippen molar-refractivity contribution in [3.63, 3.8) is 0 Å². The number of nitrogens with one attached hydrogen (secondary N) is 2. The molecule has 7 nitrogen and oxygen atoms in total. The van der Waals surface area contributed by atoms with E-state index in [-0.39, 0.29) is 19.7 Å². The van der Waals surface area contributed by atoms with Crippen LogP contribution in [0.3, 0.4) is 0 Å². The Kier molecular flexibility index (Phi) is 7.16.